The number of hydrogen-bond acceptors (Lipinski definition) is 5. The first-order chi connectivity index (χ1) is 14.8. The molecule has 0 bridgehead atoms. The summed E-state index contributed by atoms with van der Waals surface area (Å²) in [6.45, 7) is 10.8. The molecule has 0 spiro atoms. The van der Waals surface area contributed by atoms with Crippen molar-refractivity contribution >= 4 is 17.7 Å². The van der Waals surface area contributed by atoms with Gasteiger partial charge in [-0.3, -0.25) is 14.4 Å². The fraction of sp³-hybridized carbons (Fsp3) is 0.478. The highest BCUT2D eigenvalue weighted by Crippen LogP contribution is 2.16. The molecule has 31 heavy (non-hydrogen) atoms. The van der Waals surface area contributed by atoms with Crippen molar-refractivity contribution in [2.75, 3.05) is 39.3 Å². The molecule has 1 aromatic carbocycles. The Hall–Kier alpha value is -3.16. The Morgan fingerprint density at radius 3 is 2.00 bits per heavy atom. The van der Waals surface area contributed by atoms with Gasteiger partial charge < -0.3 is 19.2 Å². The van der Waals surface area contributed by atoms with Crippen LogP contribution >= 0.6 is 0 Å². The summed E-state index contributed by atoms with van der Waals surface area (Å²) in [5.41, 5.74) is 2.70. The van der Waals surface area contributed by atoms with Crippen molar-refractivity contribution in [3.05, 3.63) is 52.4 Å². The molecule has 1 aliphatic heterocycles. The minimum atomic E-state index is -0.0836. The Morgan fingerprint density at radius 2 is 1.48 bits per heavy atom. The van der Waals surface area contributed by atoms with Crippen molar-refractivity contribution in [2.24, 2.45) is 0 Å². The number of hydrogen-bond donors (Lipinski definition) is 0. The monoisotopic (exact) mass is 426 g/mol. The second kappa shape index (κ2) is 9.76. The topological polar surface area (TPSA) is 87.0 Å². The second-order valence-corrected chi connectivity index (χ2v) is 7.71. The lowest BCUT2D eigenvalue weighted by molar-refractivity contribution is -0.131. The van der Waals surface area contributed by atoms with Crippen LogP contribution in [0.1, 0.15) is 51.6 Å². The van der Waals surface area contributed by atoms with Gasteiger partial charge in [-0.1, -0.05) is 5.16 Å². The van der Waals surface area contributed by atoms with E-state index in [9.17, 15) is 14.4 Å². The molecular weight excluding hydrogens is 396 g/mol. The van der Waals surface area contributed by atoms with Gasteiger partial charge in [-0.05, 0) is 52.0 Å². The minimum Gasteiger partial charge on any atom is -0.361 e. The third-order valence-electron chi connectivity index (χ3n) is 5.86. The fourth-order valence-corrected chi connectivity index (χ4v) is 3.81. The number of piperazine rings is 1. The SMILES string of the molecule is CCN(CC)C(=O)c1ccc(C(=O)N2CCN(C(=O)Cc3c(C)noc3C)CC2)cc1. The molecule has 1 aromatic heterocycles. The van der Waals surface area contributed by atoms with Gasteiger partial charge in [0.25, 0.3) is 11.8 Å². The van der Waals surface area contributed by atoms with Crippen LogP contribution in [0, 0.1) is 13.8 Å². The molecular formula is C23H30N4O4. The summed E-state index contributed by atoms with van der Waals surface area (Å²) in [5.74, 6) is 0.567. The Morgan fingerprint density at radius 1 is 0.935 bits per heavy atom. The summed E-state index contributed by atoms with van der Waals surface area (Å²) in [6.07, 6.45) is 0.261. The number of aromatic nitrogens is 1. The van der Waals surface area contributed by atoms with Gasteiger partial charge in [-0.2, -0.15) is 0 Å². The standard InChI is InChI=1S/C23H30N4O4/c1-5-25(6-2)22(29)18-7-9-19(10-8-18)23(30)27-13-11-26(12-14-27)21(28)15-20-16(3)24-31-17(20)4/h7-10H,5-6,11-15H2,1-4H3. The van der Waals surface area contributed by atoms with Crippen molar-refractivity contribution in [3.8, 4) is 0 Å². The molecule has 1 saturated heterocycles. The highest BCUT2D eigenvalue weighted by atomic mass is 16.5. The summed E-state index contributed by atoms with van der Waals surface area (Å²) >= 11 is 0. The van der Waals surface area contributed by atoms with E-state index in [1.165, 1.54) is 0 Å². The average molecular weight is 427 g/mol. The number of benzene rings is 1. The molecule has 1 aliphatic rings. The van der Waals surface area contributed by atoms with E-state index in [2.05, 4.69) is 5.16 Å². The lowest BCUT2D eigenvalue weighted by Crippen LogP contribution is -2.51. The maximum atomic E-state index is 12.9. The molecule has 0 unspecified atom stereocenters. The Labute approximate surface area is 182 Å². The maximum absolute atomic E-state index is 12.9. The van der Waals surface area contributed by atoms with Crippen LogP contribution in [-0.2, 0) is 11.2 Å². The summed E-state index contributed by atoms with van der Waals surface area (Å²) in [4.78, 5) is 43.2. The number of amides is 3. The van der Waals surface area contributed by atoms with Crippen LogP contribution in [0.25, 0.3) is 0 Å². The maximum Gasteiger partial charge on any atom is 0.253 e. The van der Waals surface area contributed by atoms with Crippen LogP contribution in [0.2, 0.25) is 0 Å². The predicted octanol–water partition coefficient (Wildman–Crippen LogP) is 2.30. The molecule has 8 nitrogen and oxygen atoms in total. The second-order valence-electron chi connectivity index (χ2n) is 7.71. The molecule has 2 aromatic rings. The molecule has 0 aliphatic carbocycles. The smallest absolute Gasteiger partial charge is 0.253 e. The number of nitrogens with zero attached hydrogens (tertiary/aromatic N) is 4. The van der Waals surface area contributed by atoms with E-state index in [-0.39, 0.29) is 24.1 Å². The van der Waals surface area contributed by atoms with Crippen molar-refractivity contribution in [1.29, 1.82) is 0 Å². The summed E-state index contributed by atoms with van der Waals surface area (Å²) < 4.78 is 5.13. The number of carbonyl (C=O) groups is 3. The molecule has 8 heteroatoms. The van der Waals surface area contributed by atoms with Crippen molar-refractivity contribution in [2.45, 2.75) is 34.1 Å². The highest BCUT2D eigenvalue weighted by Gasteiger charge is 2.26. The number of rotatable bonds is 6. The Balaban J connectivity index is 1.56. The van der Waals surface area contributed by atoms with Crippen LogP contribution < -0.4 is 0 Å². The van der Waals surface area contributed by atoms with E-state index in [0.29, 0.717) is 56.2 Å². The summed E-state index contributed by atoms with van der Waals surface area (Å²) in [5, 5.41) is 3.90. The molecule has 0 radical (unpaired) electrons. The zero-order valence-electron chi connectivity index (χ0n) is 18.7. The lowest BCUT2D eigenvalue weighted by atomic mass is 10.1. The molecule has 0 atom stereocenters. The summed E-state index contributed by atoms with van der Waals surface area (Å²) in [6, 6.07) is 6.82. The van der Waals surface area contributed by atoms with Crippen LogP contribution in [0.5, 0.6) is 0 Å². The third-order valence-corrected chi connectivity index (χ3v) is 5.86. The zero-order valence-corrected chi connectivity index (χ0v) is 18.7. The zero-order chi connectivity index (χ0) is 22.5. The molecule has 0 N–H and O–H groups in total. The first kappa shape index (κ1) is 22.5. The highest BCUT2D eigenvalue weighted by molar-refractivity contribution is 5.98. The molecule has 0 saturated carbocycles. The normalized spacial score (nSPS) is 13.9. The average Bonchev–Trinajstić information content (AvgIpc) is 3.11. The molecule has 1 fully saturated rings. The first-order valence-electron chi connectivity index (χ1n) is 10.7. The first-order valence-corrected chi connectivity index (χ1v) is 10.7. The molecule has 166 valence electrons. The Kier molecular flexibility index (Phi) is 7.09. The van der Waals surface area contributed by atoms with Gasteiger partial charge in [0.1, 0.15) is 5.76 Å². The van der Waals surface area contributed by atoms with Crippen molar-refractivity contribution in [1.82, 2.24) is 19.9 Å². The summed E-state index contributed by atoms with van der Waals surface area (Å²) in [7, 11) is 0. The predicted molar refractivity (Wildman–Crippen MR) is 116 cm³/mol. The van der Waals surface area contributed by atoms with E-state index in [1.54, 1.807) is 45.9 Å². The van der Waals surface area contributed by atoms with Crippen LogP contribution in [-0.4, -0.2) is 76.8 Å². The molecule has 3 amide bonds. The largest absolute Gasteiger partial charge is 0.361 e. The van der Waals surface area contributed by atoms with E-state index >= 15 is 0 Å². The number of aryl methyl sites for hydroxylation is 2. The van der Waals surface area contributed by atoms with Crippen molar-refractivity contribution < 1.29 is 18.9 Å². The third kappa shape index (κ3) is 4.95. The van der Waals surface area contributed by atoms with Crippen LogP contribution in [0.15, 0.2) is 28.8 Å². The molecule has 3 rings (SSSR count). The van der Waals surface area contributed by atoms with Gasteiger partial charge in [-0.25, -0.2) is 0 Å². The Bertz CT molecular complexity index is 919. The van der Waals surface area contributed by atoms with Crippen LogP contribution in [0.3, 0.4) is 0 Å². The molecule has 2 heterocycles. The van der Waals surface area contributed by atoms with Gasteiger partial charge in [0, 0.05) is 56.0 Å². The van der Waals surface area contributed by atoms with Gasteiger partial charge >= 0.3 is 0 Å². The number of carbonyl (C=O) groups excluding carboxylic acids is 3. The van der Waals surface area contributed by atoms with Crippen LogP contribution in [0.4, 0.5) is 0 Å². The van der Waals surface area contributed by atoms with E-state index in [1.807, 2.05) is 20.8 Å². The van der Waals surface area contributed by atoms with E-state index in [0.717, 1.165) is 11.3 Å². The van der Waals surface area contributed by atoms with Gasteiger partial charge in [0.2, 0.25) is 5.91 Å². The quantitative estimate of drug-likeness (QED) is 0.707. The van der Waals surface area contributed by atoms with E-state index in [4.69, 9.17) is 4.52 Å². The van der Waals surface area contributed by atoms with Gasteiger partial charge in [0.05, 0.1) is 12.1 Å². The van der Waals surface area contributed by atoms with E-state index < -0.39 is 0 Å². The van der Waals surface area contributed by atoms with Gasteiger partial charge in [0.15, 0.2) is 0 Å². The van der Waals surface area contributed by atoms with Gasteiger partial charge in [-0.15, -0.1) is 0 Å². The fourth-order valence-electron chi connectivity index (χ4n) is 3.81. The minimum absolute atomic E-state index is 0.0146. The lowest BCUT2D eigenvalue weighted by Gasteiger charge is -2.35. The van der Waals surface area contributed by atoms with Crippen molar-refractivity contribution in [3.63, 3.8) is 0 Å².